The number of hydrogen-bond donors (Lipinski definition) is 2. The summed E-state index contributed by atoms with van der Waals surface area (Å²) in [4.78, 5) is 16.4. The second-order valence-electron chi connectivity index (χ2n) is 7.69. The molecule has 27 heavy (non-hydrogen) atoms. The van der Waals surface area contributed by atoms with Gasteiger partial charge >= 0.3 is 0 Å². The molecule has 0 bridgehead atoms. The summed E-state index contributed by atoms with van der Waals surface area (Å²) in [5.41, 5.74) is 0.538. The third-order valence-electron chi connectivity index (χ3n) is 5.70. The van der Waals surface area contributed by atoms with E-state index in [0.29, 0.717) is 17.7 Å². The highest BCUT2D eigenvalue weighted by molar-refractivity contribution is 7.09. The van der Waals surface area contributed by atoms with E-state index in [1.54, 1.807) is 0 Å². The summed E-state index contributed by atoms with van der Waals surface area (Å²) >= 11 is 1.83. The van der Waals surface area contributed by atoms with Gasteiger partial charge in [0, 0.05) is 30.7 Å². The number of nitrogens with zero attached hydrogens (tertiary/aromatic N) is 3. The van der Waals surface area contributed by atoms with Crippen LogP contribution in [0.3, 0.4) is 0 Å². The zero-order valence-corrected chi connectivity index (χ0v) is 16.6. The van der Waals surface area contributed by atoms with Gasteiger partial charge in [-0.3, -0.25) is 14.4 Å². The second-order valence-corrected chi connectivity index (χ2v) is 8.72. The third kappa shape index (κ3) is 4.97. The summed E-state index contributed by atoms with van der Waals surface area (Å²) in [5.74, 6) is 0.525. The van der Waals surface area contributed by atoms with Gasteiger partial charge in [-0.2, -0.15) is 5.10 Å². The molecule has 7 heteroatoms. The van der Waals surface area contributed by atoms with E-state index in [4.69, 9.17) is 0 Å². The van der Waals surface area contributed by atoms with Gasteiger partial charge in [0.2, 0.25) is 0 Å². The van der Waals surface area contributed by atoms with Crippen molar-refractivity contribution in [3.05, 3.63) is 40.3 Å². The van der Waals surface area contributed by atoms with Crippen LogP contribution >= 0.6 is 11.3 Å². The van der Waals surface area contributed by atoms with Gasteiger partial charge in [-0.05, 0) is 68.7 Å². The van der Waals surface area contributed by atoms with E-state index < -0.39 is 0 Å². The Balaban J connectivity index is 1.20. The fourth-order valence-electron chi connectivity index (χ4n) is 4.02. The van der Waals surface area contributed by atoms with E-state index in [-0.39, 0.29) is 5.91 Å². The molecule has 0 radical (unpaired) electrons. The molecular weight excluding hydrogens is 358 g/mol. The molecule has 2 aromatic rings. The van der Waals surface area contributed by atoms with Crippen molar-refractivity contribution in [3.8, 4) is 0 Å². The van der Waals surface area contributed by atoms with Crippen molar-refractivity contribution in [2.24, 2.45) is 5.92 Å². The normalized spacial score (nSPS) is 22.0. The zero-order chi connectivity index (χ0) is 18.5. The van der Waals surface area contributed by atoms with Crippen molar-refractivity contribution in [1.82, 2.24) is 25.3 Å². The minimum atomic E-state index is -0.0430. The van der Waals surface area contributed by atoms with Gasteiger partial charge in [-0.15, -0.1) is 11.3 Å². The standard InChI is InChI=1S/C20H29N5OS/c26-20(19-7-11-25(23-19)17-3-1-8-21-14-17)22-13-16-5-9-24(10-6-16)15-18-4-2-12-27-18/h2,4,7,11-12,16-17,21H,1,3,5-6,8-10,13-15H2,(H,22,26). The van der Waals surface area contributed by atoms with Crippen molar-refractivity contribution < 1.29 is 4.79 Å². The Morgan fingerprint density at radius 1 is 1.30 bits per heavy atom. The van der Waals surface area contributed by atoms with Crippen LogP contribution in [0.2, 0.25) is 0 Å². The minimum Gasteiger partial charge on any atom is -0.350 e. The average molecular weight is 388 g/mol. The largest absolute Gasteiger partial charge is 0.350 e. The molecule has 2 fully saturated rings. The Morgan fingerprint density at radius 2 is 2.19 bits per heavy atom. The molecule has 1 amide bonds. The van der Waals surface area contributed by atoms with Crippen LogP contribution in [0, 0.1) is 5.92 Å². The summed E-state index contributed by atoms with van der Waals surface area (Å²) < 4.78 is 1.95. The highest BCUT2D eigenvalue weighted by Gasteiger charge is 2.21. The van der Waals surface area contributed by atoms with Gasteiger partial charge in [0.1, 0.15) is 5.69 Å². The van der Waals surface area contributed by atoms with Crippen LogP contribution in [-0.2, 0) is 6.54 Å². The van der Waals surface area contributed by atoms with E-state index in [2.05, 4.69) is 38.1 Å². The molecule has 0 saturated carbocycles. The lowest BCUT2D eigenvalue weighted by Crippen LogP contribution is -2.38. The lowest BCUT2D eigenvalue weighted by atomic mass is 9.96. The molecule has 4 heterocycles. The van der Waals surface area contributed by atoms with Gasteiger partial charge in [-0.25, -0.2) is 0 Å². The minimum absolute atomic E-state index is 0.0430. The van der Waals surface area contributed by atoms with Crippen molar-refractivity contribution in [2.75, 3.05) is 32.7 Å². The van der Waals surface area contributed by atoms with Gasteiger partial charge in [0.15, 0.2) is 0 Å². The van der Waals surface area contributed by atoms with Crippen molar-refractivity contribution in [3.63, 3.8) is 0 Å². The second kappa shape index (κ2) is 8.99. The monoisotopic (exact) mass is 387 g/mol. The first-order valence-corrected chi connectivity index (χ1v) is 10.9. The Bertz CT molecular complexity index is 715. The number of hydrogen-bond acceptors (Lipinski definition) is 5. The number of carbonyl (C=O) groups excluding carboxylic acids is 1. The number of likely N-dealkylation sites (tertiary alicyclic amines) is 1. The van der Waals surface area contributed by atoms with Crippen molar-refractivity contribution in [2.45, 2.75) is 38.3 Å². The highest BCUT2D eigenvalue weighted by Crippen LogP contribution is 2.20. The Morgan fingerprint density at radius 3 is 2.93 bits per heavy atom. The van der Waals surface area contributed by atoms with Crippen LogP contribution in [0.15, 0.2) is 29.8 Å². The number of amides is 1. The Hall–Kier alpha value is -1.70. The predicted octanol–water partition coefficient (Wildman–Crippen LogP) is 2.51. The average Bonchev–Trinajstić information content (AvgIpc) is 3.40. The molecule has 4 rings (SSSR count). The molecule has 2 aliphatic heterocycles. The molecule has 0 aliphatic carbocycles. The molecule has 2 aromatic heterocycles. The van der Waals surface area contributed by atoms with E-state index >= 15 is 0 Å². The summed E-state index contributed by atoms with van der Waals surface area (Å²) in [7, 11) is 0. The molecule has 0 spiro atoms. The third-order valence-corrected chi connectivity index (χ3v) is 6.57. The van der Waals surface area contributed by atoms with Crippen LogP contribution in [-0.4, -0.2) is 53.3 Å². The summed E-state index contributed by atoms with van der Waals surface area (Å²) in [6, 6.07) is 6.54. The maximum atomic E-state index is 12.4. The number of piperidine rings is 2. The predicted molar refractivity (Wildman–Crippen MR) is 108 cm³/mol. The molecule has 2 aliphatic rings. The molecule has 2 saturated heterocycles. The maximum absolute atomic E-state index is 12.4. The summed E-state index contributed by atoms with van der Waals surface area (Å²) in [6.45, 7) is 6.06. The van der Waals surface area contributed by atoms with Gasteiger partial charge < -0.3 is 10.6 Å². The summed E-state index contributed by atoms with van der Waals surface area (Å²) in [5, 5.41) is 13.1. The van der Waals surface area contributed by atoms with Gasteiger partial charge in [0.05, 0.1) is 6.04 Å². The van der Waals surface area contributed by atoms with Crippen LogP contribution in [0.4, 0.5) is 0 Å². The summed E-state index contributed by atoms with van der Waals surface area (Å²) in [6.07, 6.45) is 6.52. The van der Waals surface area contributed by atoms with Crippen LogP contribution in [0.25, 0.3) is 0 Å². The smallest absolute Gasteiger partial charge is 0.271 e. The van der Waals surface area contributed by atoms with Crippen LogP contribution in [0.5, 0.6) is 0 Å². The molecule has 146 valence electrons. The Kier molecular flexibility index (Phi) is 6.21. The molecule has 6 nitrogen and oxygen atoms in total. The first kappa shape index (κ1) is 18.7. The Labute approximate surface area is 164 Å². The molecule has 0 aromatic carbocycles. The quantitative estimate of drug-likeness (QED) is 0.800. The van der Waals surface area contributed by atoms with E-state index in [0.717, 1.165) is 65.0 Å². The molecular formula is C20H29N5OS. The number of rotatable bonds is 6. The van der Waals surface area contributed by atoms with E-state index in [9.17, 15) is 4.79 Å². The SMILES string of the molecule is O=C(NCC1CCN(Cc2cccs2)CC1)c1ccn(C2CCCNC2)n1. The van der Waals surface area contributed by atoms with Crippen molar-refractivity contribution in [1.29, 1.82) is 0 Å². The lowest BCUT2D eigenvalue weighted by Gasteiger charge is -2.31. The van der Waals surface area contributed by atoms with Gasteiger partial charge in [-0.1, -0.05) is 6.07 Å². The van der Waals surface area contributed by atoms with Crippen molar-refractivity contribution >= 4 is 17.2 Å². The lowest BCUT2D eigenvalue weighted by molar-refractivity contribution is 0.0929. The first-order chi connectivity index (χ1) is 13.3. The van der Waals surface area contributed by atoms with E-state index in [1.165, 1.54) is 4.88 Å². The number of aromatic nitrogens is 2. The zero-order valence-electron chi connectivity index (χ0n) is 15.8. The van der Waals surface area contributed by atoms with Crippen LogP contribution < -0.4 is 10.6 Å². The molecule has 1 atom stereocenters. The number of nitrogens with one attached hydrogen (secondary N) is 2. The van der Waals surface area contributed by atoms with E-state index in [1.807, 2.05) is 28.3 Å². The number of thiophene rings is 1. The first-order valence-electron chi connectivity index (χ1n) is 10.1. The van der Waals surface area contributed by atoms with Crippen LogP contribution in [0.1, 0.15) is 47.1 Å². The molecule has 2 N–H and O–H groups in total. The fourth-order valence-corrected chi connectivity index (χ4v) is 4.77. The fraction of sp³-hybridized carbons (Fsp3) is 0.600. The van der Waals surface area contributed by atoms with Gasteiger partial charge in [0.25, 0.3) is 5.91 Å². The highest BCUT2D eigenvalue weighted by atomic mass is 32.1. The molecule has 1 unspecified atom stereocenters. The maximum Gasteiger partial charge on any atom is 0.271 e. The number of carbonyl (C=O) groups is 1. The topological polar surface area (TPSA) is 62.2 Å².